The zero-order valence-corrected chi connectivity index (χ0v) is 11.4. The third-order valence-corrected chi connectivity index (χ3v) is 2.38. The fraction of sp³-hybridized carbons (Fsp3) is 0.375. The van der Waals surface area contributed by atoms with Crippen LogP contribution in [0.4, 0.5) is 0 Å². The fourth-order valence-corrected chi connectivity index (χ4v) is 1.37. The highest BCUT2D eigenvalue weighted by Crippen LogP contribution is 2.27. The first kappa shape index (κ1) is 15.5. The van der Waals surface area contributed by atoms with Crippen LogP contribution in [-0.4, -0.2) is 0 Å². The minimum atomic E-state index is 0.112. The van der Waals surface area contributed by atoms with E-state index in [0.29, 0.717) is 0 Å². The summed E-state index contributed by atoms with van der Waals surface area (Å²) in [5.41, 5.74) is 7.90. The van der Waals surface area contributed by atoms with Crippen molar-refractivity contribution < 1.29 is 0 Å². The maximum atomic E-state index is 5.46. The van der Waals surface area contributed by atoms with Crippen LogP contribution >= 0.6 is 0 Å². The van der Waals surface area contributed by atoms with Crippen LogP contribution in [0.15, 0.2) is 60.9 Å². The van der Waals surface area contributed by atoms with Gasteiger partial charge in [0, 0.05) is 0 Å². The Kier molecular flexibility index (Phi) is 7.04. The van der Waals surface area contributed by atoms with Crippen LogP contribution in [0.25, 0.3) is 0 Å². The monoisotopic (exact) mass is 231 g/mol. The Morgan fingerprint density at radius 3 is 2.35 bits per heavy atom. The quantitative estimate of drug-likeness (QED) is 0.528. The van der Waals surface area contributed by atoms with Gasteiger partial charge in [-0.3, -0.25) is 0 Å². The molecule has 0 aromatic rings. The molecule has 17 heavy (non-hydrogen) atoms. The normalized spacial score (nSPS) is 13.5. The van der Waals surface area contributed by atoms with Crippen LogP contribution in [0.1, 0.15) is 33.6 Å². The molecule has 0 atom stereocenters. The molecular weight excluding hydrogens is 206 g/mol. The van der Waals surface area contributed by atoms with E-state index < -0.39 is 0 Å². The van der Waals surface area contributed by atoms with Crippen molar-refractivity contribution in [1.29, 1.82) is 0 Å². The zero-order chi connectivity index (χ0) is 13.3. The summed E-state index contributed by atoms with van der Waals surface area (Å²) in [6.45, 7) is 14.2. The summed E-state index contributed by atoms with van der Waals surface area (Å²) < 4.78 is 0. The number of rotatable bonds is 6. The van der Waals surface area contributed by atoms with Crippen molar-refractivity contribution in [2.45, 2.75) is 33.6 Å². The molecule has 1 nitrogen and oxygen atoms in total. The molecule has 2 N–H and O–H groups in total. The molecule has 0 heterocycles. The van der Waals surface area contributed by atoms with Gasteiger partial charge in [-0.25, -0.2) is 0 Å². The minimum absolute atomic E-state index is 0.112. The zero-order valence-electron chi connectivity index (χ0n) is 11.4. The van der Waals surface area contributed by atoms with E-state index in [1.807, 2.05) is 18.2 Å². The van der Waals surface area contributed by atoms with Crippen LogP contribution in [0.5, 0.6) is 0 Å². The SMILES string of the molecule is C=CC/C=C\C(=C)C/C=C(\C=C/N)C(C)(C)C. The number of nitrogens with two attached hydrogens (primary N) is 1. The van der Waals surface area contributed by atoms with Gasteiger partial charge in [0.2, 0.25) is 0 Å². The molecule has 0 rings (SSSR count). The van der Waals surface area contributed by atoms with Gasteiger partial charge < -0.3 is 5.73 Å². The summed E-state index contributed by atoms with van der Waals surface area (Å²) in [7, 11) is 0. The second kappa shape index (κ2) is 7.72. The Morgan fingerprint density at radius 2 is 1.88 bits per heavy atom. The Hall–Kier alpha value is -1.50. The molecule has 0 saturated heterocycles. The molecule has 0 aromatic heterocycles. The van der Waals surface area contributed by atoms with Crippen molar-refractivity contribution in [1.82, 2.24) is 0 Å². The van der Waals surface area contributed by atoms with E-state index in [1.165, 1.54) is 5.57 Å². The lowest BCUT2D eigenvalue weighted by Crippen LogP contribution is -2.08. The highest BCUT2D eigenvalue weighted by molar-refractivity contribution is 5.28. The average Bonchev–Trinajstić information content (AvgIpc) is 2.23. The Labute approximate surface area is 106 Å². The van der Waals surface area contributed by atoms with Crippen molar-refractivity contribution in [3.8, 4) is 0 Å². The largest absolute Gasteiger partial charge is 0.405 e. The number of hydrogen-bond acceptors (Lipinski definition) is 1. The molecule has 94 valence electrons. The first-order valence-electron chi connectivity index (χ1n) is 5.96. The van der Waals surface area contributed by atoms with E-state index >= 15 is 0 Å². The third-order valence-electron chi connectivity index (χ3n) is 2.38. The van der Waals surface area contributed by atoms with Crippen molar-refractivity contribution in [2.75, 3.05) is 0 Å². The summed E-state index contributed by atoms with van der Waals surface area (Å²) in [6.07, 6.45) is 13.5. The predicted octanol–water partition coefficient (Wildman–Crippen LogP) is 4.51. The number of hydrogen-bond donors (Lipinski definition) is 1. The molecule has 0 aromatic carbocycles. The molecule has 0 amide bonds. The lowest BCUT2D eigenvalue weighted by molar-refractivity contribution is 0.515. The second-order valence-corrected chi connectivity index (χ2v) is 5.06. The summed E-state index contributed by atoms with van der Waals surface area (Å²) in [6, 6.07) is 0. The van der Waals surface area contributed by atoms with Gasteiger partial charge in [0.1, 0.15) is 0 Å². The molecule has 0 spiro atoms. The standard InChI is InChI=1S/C16H25N/c1-6-7-8-9-14(2)10-11-15(12-13-17)16(3,4)5/h6,8-9,11-13H,1-2,7,10,17H2,3-5H3/b9-8-,13-12-,15-11+. The van der Waals surface area contributed by atoms with Gasteiger partial charge in [-0.1, -0.05) is 57.2 Å². The van der Waals surface area contributed by atoms with Crippen molar-refractivity contribution in [3.05, 3.63) is 60.9 Å². The van der Waals surface area contributed by atoms with E-state index in [0.717, 1.165) is 18.4 Å². The van der Waals surface area contributed by atoms with E-state index in [9.17, 15) is 0 Å². The van der Waals surface area contributed by atoms with Gasteiger partial charge >= 0.3 is 0 Å². The van der Waals surface area contributed by atoms with Crippen molar-refractivity contribution in [2.24, 2.45) is 11.1 Å². The smallest absolute Gasteiger partial charge is 0.00595 e. The Morgan fingerprint density at radius 1 is 1.24 bits per heavy atom. The summed E-state index contributed by atoms with van der Waals surface area (Å²) >= 11 is 0. The lowest BCUT2D eigenvalue weighted by Gasteiger charge is -2.20. The average molecular weight is 231 g/mol. The van der Waals surface area contributed by atoms with Crippen LogP contribution in [-0.2, 0) is 0 Å². The fourth-order valence-electron chi connectivity index (χ4n) is 1.37. The molecule has 0 aliphatic rings. The summed E-state index contributed by atoms with van der Waals surface area (Å²) in [5, 5.41) is 0. The first-order chi connectivity index (χ1) is 7.91. The van der Waals surface area contributed by atoms with Gasteiger partial charge in [0.15, 0.2) is 0 Å². The van der Waals surface area contributed by atoms with E-state index in [2.05, 4.69) is 46.1 Å². The van der Waals surface area contributed by atoms with Crippen molar-refractivity contribution >= 4 is 0 Å². The maximum Gasteiger partial charge on any atom is -0.00595 e. The molecule has 0 aliphatic heterocycles. The van der Waals surface area contributed by atoms with Gasteiger partial charge in [-0.2, -0.15) is 0 Å². The molecule has 0 unspecified atom stereocenters. The molecule has 0 fully saturated rings. The van der Waals surface area contributed by atoms with Gasteiger partial charge in [-0.15, -0.1) is 6.58 Å². The van der Waals surface area contributed by atoms with Crippen LogP contribution < -0.4 is 5.73 Å². The predicted molar refractivity (Wildman–Crippen MR) is 78.6 cm³/mol. The van der Waals surface area contributed by atoms with Crippen molar-refractivity contribution in [3.63, 3.8) is 0 Å². The Balaban J connectivity index is 4.55. The second-order valence-electron chi connectivity index (χ2n) is 5.06. The first-order valence-corrected chi connectivity index (χ1v) is 5.96. The molecular formula is C16H25N. The molecule has 1 heteroatoms. The molecule has 0 saturated carbocycles. The van der Waals surface area contributed by atoms with E-state index in [4.69, 9.17) is 5.73 Å². The van der Waals surface area contributed by atoms with E-state index in [-0.39, 0.29) is 5.41 Å². The highest BCUT2D eigenvalue weighted by Gasteiger charge is 2.13. The number of allylic oxidation sites excluding steroid dienone is 7. The van der Waals surface area contributed by atoms with Crippen LogP contribution in [0.3, 0.4) is 0 Å². The van der Waals surface area contributed by atoms with Gasteiger partial charge in [-0.05, 0) is 36.1 Å². The third kappa shape index (κ3) is 7.40. The lowest BCUT2D eigenvalue weighted by atomic mass is 9.85. The highest BCUT2D eigenvalue weighted by atomic mass is 14.5. The minimum Gasteiger partial charge on any atom is -0.405 e. The topological polar surface area (TPSA) is 26.0 Å². The maximum absolute atomic E-state index is 5.46. The molecule has 0 aliphatic carbocycles. The van der Waals surface area contributed by atoms with Crippen LogP contribution in [0.2, 0.25) is 0 Å². The van der Waals surface area contributed by atoms with E-state index in [1.54, 1.807) is 6.20 Å². The Bertz CT molecular complexity index is 335. The molecule has 0 bridgehead atoms. The summed E-state index contributed by atoms with van der Waals surface area (Å²) in [4.78, 5) is 0. The molecule has 0 radical (unpaired) electrons. The van der Waals surface area contributed by atoms with Gasteiger partial charge in [0.25, 0.3) is 0 Å². The van der Waals surface area contributed by atoms with Crippen LogP contribution in [0, 0.1) is 5.41 Å². The van der Waals surface area contributed by atoms with Gasteiger partial charge in [0.05, 0.1) is 0 Å². The summed E-state index contributed by atoms with van der Waals surface area (Å²) in [5.74, 6) is 0.